The summed E-state index contributed by atoms with van der Waals surface area (Å²) in [5, 5.41) is 3.65. The highest BCUT2D eigenvalue weighted by atomic mass is 15.2. The van der Waals surface area contributed by atoms with Crippen LogP contribution in [0.4, 0.5) is 5.69 Å². The molecule has 1 saturated heterocycles. The van der Waals surface area contributed by atoms with Crippen LogP contribution < -0.4 is 10.2 Å². The van der Waals surface area contributed by atoms with Gasteiger partial charge in [-0.1, -0.05) is 32.9 Å². The molecule has 1 heterocycles. The third-order valence-corrected chi connectivity index (χ3v) is 4.08. The number of hydrogen-bond donors (Lipinski definition) is 1. The van der Waals surface area contributed by atoms with Gasteiger partial charge >= 0.3 is 0 Å². The number of hydrogen-bond acceptors (Lipinski definition) is 2. The Morgan fingerprint density at radius 1 is 1.28 bits per heavy atom. The van der Waals surface area contributed by atoms with Crippen molar-refractivity contribution in [1.29, 1.82) is 0 Å². The maximum absolute atomic E-state index is 3.65. The number of nitrogens with one attached hydrogen (secondary N) is 1. The van der Waals surface area contributed by atoms with Gasteiger partial charge in [0, 0.05) is 30.9 Å². The summed E-state index contributed by atoms with van der Waals surface area (Å²) in [4.78, 5) is 2.54. The highest BCUT2D eigenvalue weighted by Gasteiger charge is 2.26. The predicted octanol–water partition coefficient (Wildman–Crippen LogP) is 3.07. The zero-order valence-corrected chi connectivity index (χ0v) is 12.1. The minimum atomic E-state index is 0.576. The molecule has 0 aromatic heterocycles. The molecule has 1 fully saturated rings. The van der Waals surface area contributed by atoms with Crippen molar-refractivity contribution in [3.8, 4) is 0 Å². The second-order valence-electron chi connectivity index (χ2n) is 5.78. The van der Waals surface area contributed by atoms with E-state index in [1.807, 2.05) is 0 Å². The van der Waals surface area contributed by atoms with Gasteiger partial charge in [0.15, 0.2) is 0 Å². The molecule has 1 aliphatic heterocycles. The Balaban J connectivity index is 2.13. The molecule has 2 nitrogen and oxygen atoms in total. The Morgan fingerprint density at radius 3 is 2.50 bits per heavy atom. The molecule has 0 radical (unpaired) electrons. The standard InChI is InChI=1S/C16H26N2/c1-5-14-6-8-15(9-7-14)18-11-16(12(2)3)17-10-13(18)4/h6-9,12-13,16-17H,5,10-11H2,1-4H3. The van der Waals surface area contributed by atoms with Gasteiger partial charge in [0.2, 0.25) is 0 Å². The summed E-state index contributed by atoms with van der Waals surface area (Å²) >= 11 is 0. The highest BCUT2D eigenvalue weighted by molar-refractivity contribution is 5.49. The van der Waals surface area contributed by atoms with Crippen molar-refractivity contribution in [2.45, 2.75) is 46.2 Å². The van der Waals surface area contributed by atoms with E-state index in [9.17, 15) is 0 Å². The van der Waals surface area contributed by atoms with Gasteiger partial charge in [0.1, 0.15) is 0 Å². The minimum Gasteiger partial charge on any atom is -0.366 e. The van der Waals surface area contributed by atoms with Crippen molar-refractivity contribution >= 4 is 5.69 Å². The quantitative estimate of drug-likeness (QED) is 0.882. The van der Waals surface area contributed by atoms with E-state index in [4.69, 9.17) is 0 Å². The van der Waals surface area contributed by atoms with E-state index in [1.165, 1.54) is 11.3 Å². The molecular weight excluding hydrogens is 220 g/mol. The van der Waals surface area contributed by atoms with Crippen LogP contribution >= 0.6 is 0 Å². The minimum absolute atomic E-state index is 0.576. The molecular formula is C16H26N2. The van der Waals surface area contributed by atoms with Crippen LogP contribution in [-0.2, 0) is 6.42 Å². The average molecular weight is 246 g/mol. The van der Waals surface area contributed by atoms with E-state index in [-0.39, 0.29) is 0 Å². The summed E-state index contributed by atoms with van der Waals surface area (Å²) in [7, 11) is 0. The Hall–Kier alpha value is -1.02. The fourth-order valence-corrected chi connectivity index (χ4v) is 2.62. The van der Waals surface area contributed by atoms with Crippen molar-refractivity contribution in [2.24, 2.45) is 5.92 Å². The van der Waals surface area contributed by atoms with Crippen LogP contribution in [0.1, 0.15) is 33.3 Å². The Kier molecular flexibility index (Phi) is 4.28. The first-order chi connectivity index (χ1) is 8.61. The lowest BCUT2D eigenvalue weighted by Gasteiger charge is -2.42. The first-order valence-corrected chi connectivity index (χ1v) is 7.20. The molecule has 0 aliphatic carbocycles. The summed E-state index contributed by atoms with van der Waals surface area (Å²) in [6.45, 7) is 11.3. The van der Waals surface area contributed by atoms with E-state index in [0.29, 0.717) is 18.0 Å². The number of aryl methyl sites for hydroxylation is 1. The van der Waals surface area contributed by atoms with Crippen LogP contribution in [-0.4, -0.2) is 25.2 Å². The second-order valence-corrected chi connectivity index (χ2v) is 5.78. The van der Waals surface area contributed by atoms with E-state index >= 15 is 0 Å². The Bertz CT molecular complexity index is 369. The highest BCUT2D eigenvalue weighted by Crippen LogP contribution is 2.22. The summed E-state index contributed by atoms with van der Waals surface area (Å²) in [6.07, 6.45) is 1.12. The number of rotatable bonds is 3. The number of nitrogens with zero attached hydrogens (tertiary/aromatic N) is 1. The van der Waals surface area contributed by atoms with E-state index < -0.39 is 0 Å². The zero-order chi connectivity index (χ0) is 13.1. The maximum atomic E-state index is 3.65. The molecule has 0 saturated carbocycles. The Labute approximate surface area is 111 Å². The van der Waals surface area contributed by atoms with E-state index in [1.54, 1.807) is 0 Å². The largest absolute Gasteiger partial charge is 0.366 e. The van der Waals surface area contributed by atoms with Crippen LogP contribution in [0, 0.1) is 5.92 Å². The van der Waals surface area contributed by atoms with Gasteiger partial charge in [-0.2, -0.15) is 0 Å². The molecule has 2 unspecified atom stereocenters. The van der Waals surface area contributed by atoms with Crippen LogP contribution in [0.5, 0.6) is 0 Å². The van der Waals surface area contributed by atoms with E-state index in [2.05, 4.69) is 62.2 Å². The molecule has 18 heavy (non-hydrogen) atoms. The molecule has 0 spiro atoms. The molecule has 2 rings (SSSR count). The van der Waals surface area contributed by atoms with E-state index in [0.717, 1.165) is 19.5 Å². The molecule has 1 aromatic carbocycles. The van der Waals surface area contributed by atoms with Gasteiger partial charge in [-0.3, -0.25) is 0 Å². The summed E-state index contributed by atoms with van der Waals surface area (Å²) in [6, 6.07) is 10.2. The molecule has 0 bridgehead atoms. The average Bonchev–Trinajstić information content (AvgIpc) is 2.39. The fraction of sp³-hybridized carbons (Fsp3) is 0.625. The lowest BCUT2D eigenvalue weighted by atomic mass is 9.99. The Morgan fingerprint density at radius 2 is 1.94 bits per heavy atom. The lowest BCUT2D eigenvalue weighted by Crippen LogP contribution is -2.57. The number of piperazine rings is 1. The second kappa shape index (κ2) is 5.75. The van der Waals surface area contributed by atoms with Crippen molar-refractivity contribution in [3.05, 3.63) is 29.8 Å². The monoisotopic (exact) mass is 246 g/mol. The molecule has 100 valence electrons. The van der Waals surface area contributed by atoms with Gasteiger partial charge in [-0.05, 0) is 37.0 Å². The first-order valence-electron chi connectivity index (χ1n) is 7.20. The number of anilines is 1. The molecule has 1 aromatic rings. The van der Waals surface area contributed by atoms with Crippen LogP contribution in [0.15, 0.2) is 24.3 Å². The molecule has 1 N–H and O–H groups in total. The van der Waals surface area contributed by atoms with Gasteiger partial charge in [-0.15, -0.1) is 0 Å². The van der Waals surface area contributed by atoms with Gasteiger partial charge in [-0.25, -0.2) is 0 Å². The normalized spacial score (nSPS) is 24.6. The molecule has 1 aliphatic rings. The van der Waals surface area contributed by atoms with Crippen molar-refractivity contribution in [2.75, 3.05) is 18.0 Å². The van der Waals surface area contributed by atoms with Crippen LogP contribution in [0.25, 0.3) is 0 Å². The molecule has 2 atom stereocenters. The zero-order valence-electron chi connectivity index (χ0n) is 12.1. The third-order valence-electron chi connectivity index (χ3n) is 4.08. The SMILES string of the molecule is CCc1ccc(N2CC(C(C)C)NCC2C)cc1. The molecule has 0 amide bonds. The summed E-state index contributed by atoms with van der Waals surface area (Å²) < 4.78 is 0. The van der Waals surface area contributed by atoms with Gasteiger partial charge < -0.3 is 10.2 Å². The third kappa shape index (κ3) is 2.86. The summed E-state index contributed by atoms with van der Waals surface area (Å²) in [5.74, 6) is 0.690. The van der Waals surface area contributed by atoms with Crippen molar-refractivity contribution in [1.82, 2.24) is 5.32 Å². The van der Waals surface area contributed by atoms with Crippen molar-refractivity contribution < 1.29 is 0 Å². The van der Waals surface area contributed by atoms with Crippen LogP contribution in [0.3, 0.4) is 0 Å². The van der Waals surface area contributed by atoms with Crippen molar-refractivity contribution in [3.63, 3.8) is 0 Å². The maximum Gasteiger partial charge on any atom is 0.0387 e. The fourth-order valence-electron chi connectivity index (χ4n) is 2.62. The first kappa shape index (κ1) is 13.4. The number of benzene rings is 1. The lowest BCUT2D eigenvalue weighted by molar-refractivity contribution is 0.337. The van der Waals surface area contributed by atoms with Crippen LogP contribution in [0.2, 0.25) is 0 Å². The molecule has 2 heteroatoms. The topological polar surface area (TPSA) is 15.3 Å². The van der Waals surface area contributed by atoms with Gasteiger partial charge in [0.05, 0.1) is 0 Å². The predicted molar refractivity (Wildman–Crippen MR) is 79.3 cm³/mol. The smallest absolute Gasteiger partial charge is 0.0387 e. The van der Waals surface area contributed by atoms with Gasteiger partial charge in [0.25, 0.3) is 0 Å². The summed E-state index contributed by atoms with van der Waals surface area (Å²) in [5.41, 5.74) is 2.79.